The minimum absolute atomic E-state index is 0.0964. The summed E-state index contributed by atoms with van der Waals surface area (Å²) in [6.07, 6.45) is -4.32. The third-order valence-corrected chi connectivity index (χ3v) is 9.64. The van der Waals surface area contributed by atoms with Gasteiger partial charge >= 0.3 is 24.7 Å². The summed E-state index contributed by atoms with van der Waals surface area (Å²) in [6.45, 7) is 1.66. The number of rotatable bonds is 15. The van der Waals surface area contributed by atoms with Gasteiger partial charge in [-0.15, -0.1) is 26.3 Å². The molecular formula is C49H36F6N2O10. The van der Waals surface area contributed by atoms with Crippen LogP contribution in [0.5, 0.6) is 34.5 Å². The van der Waals surface area contributed by atoms with Crippen LogP contribution < -0.4 is 39.9 Å². The number of hydrogen-bond donors (Lipinski definition) is 2. The van der Waals surface area contributed by atoms with Gasteiger partial charge < -0.3 is 39.9 Å². The molecule has 12 nitrogen and oxygen atoms in total. The number of methoxy groups -OCH3 is 2. The lowest BCUT2D eigenvalue weighted by Gasteiger charge is -2.16. The van der Waals surface area contributed by atoms with Crippen molar-refractivity contribution in [2.75, 3.05) is 25.7 Å². The number of esters is 2. The van der Waals surface area contributed by atoms with Gasteiger partial charge in [-0.2, -0.15) is 0 Å². The molecule has 0 aliphatic rings. The first-order valence-corrected chi connectivity index (χ1v) is 19.5. The number of ether oxygens (including phenoxy) is 6. The lowest BCUT2D eigenvalue weighted by atomic mass is 9.88. The first kappa shape index (κ1) is 47.9. The molecule has 0 unspecified atom stereocenters. The number of anilines is 2. The van der Waals surface area contributed by atoms with Crippen LogP contribution in [0.25, 0.3) is 23.3 Å². The van der Waals surface area contributed by atoms with Crippen LogP contribution in [0.3, 0.4) is 0 Å². The maximum Gasteiger partial charge on any atom is 0.573 e. The van der Waals surface area contributed by atoms with E-state index in [0.29, 0.717) is 33.5 Å². The Hall–Kier alpha value is -8.54. The average Bonchev–Trinajstić information content (AvgIpc) is 3.28. The first-order chi connectivity index (χ1) is 31.7. The van der Waals surface area contributed by atoms with Gasteiger partial charge in [-0.1, -0.05) is 48.6 Å². The number of benzene rings is 6. The van der Waals surface area contributed by atoms with Crippen molar-refractivity contribution in [3.8, 4) is 45.6 Å². The quantitative estimate of drug-likeness (QED) is 0.0249. The highest BCUT2D eigenvalue weighted by Crippen LogP contribution is 2.36. The van der Waals surface area contributed by atoms with E-state index in [9.17, 15) is 45.5 Å². The number of carbonyl (C=O) groups is 4. The van der Waals surface area contributed by atoms with Crippen molar-refractivity contribution < 1.29 is 73.9 Å². The molecule has 0 atom stereocenters. The molecule has 6 rings (SSSR count). The Morgan fingerprint density at radius 3 is 1.42 bits per heavy atom. The van der Waals surface area contributed by atoms with Gasteiger partial charge in [0, 0.05) is 22.5 Å². The van der Waals surface area contributed by atoms with Crippen molar-refractivity contribution in [3.05, 3.63) is 166 Å². The summed E-state index contributed by atoms with van der Waals surface area (Å²) in [5.74, 6) is -4.45. The van der Waals surface area contributed by atoms with Crippen LogP contribution in [0, 0.1) is 6.92 Å². The van der Waals surface area contributed by atoms with E-state index in [1.165, 1.54) is 54.6 Å². The predicted octanol–water partition coefficient (Wildman–Crippen LogP) is 10.9. The molecule has 0 radical (unpaired) electrons. The van der Waals surface area contributed by atoms with Crippen molar-refractivity contribution in [1.82, 2.24) is 0 Å². The lowest BCUT2D eigenvalue weighted by Crippen LogP contribution is -2.18. The van der Waals surface area contributed by atoms with E-state index >= 15 is 0 Å². The van der Waals surface area contributed by atoms with Crippen LogP contribution in [0.1, 0.15) is 58.1 Å². The summed E-state index contributed by atoms with van der Waals surface area (Å²) in [5, 5.41) is 0. The lowest BCUT2D eigenvalue weighted by molar-refractivity contribution is -0.276. The molecule has 0 heterocycles. The van der Waals surface area contributed by atoms with Crippen LogP contribution in [-0.4, -0.2) is 50.4 Å². The Morgan fingerprint density at radius 2 is 0.970 bits per heavy atom. The molecule has 6 aromatic rings. The highest BCUT2D eigenvalue weighted by molar-refractivity contribution is 6.16. The van der Waals surface area contributed by atoms with Gasteiger partial charge in [0.25, 0.3) is 0 Å². The first-order valence-electron chi connectivity index (χ1n) is 19.5. The minimum atomic E-state index is -4.97. The number of hydrogen-bond acceptors (Lipinski definition) is 12. The van der Waals surface area contributed by atoms with Gasteiger partial charge in [-0.3, -0.25) is 9.59 Å². The summed E-state index contributed by atoms with van der Waals surface area (Å²) >= 11 is 0. The Bertz CT molecular complexity index is 2910. The predicted molar refractivity (Wildman–Crippen MR) is 234 cm³/mol. The Morgan fingerprint density at radius 1 is 0.522 bits per heavy atom. The second-order valence-electron chi connectivity index (χ2n) is 14.1. The van der Waals surface area contributed by atoms with E-state index in [1.54, 1.807) is 55.5 Å². The summed E-state index contributed by atoms with van der Waals surface area (Å²) < 4.78 is 105. The van der Waals surface area contributed by atoms with Crippen molar-refractivity contribution in [3.63, 3.8) is 0 Å². The third-order valence-electron chi connectivity index (χ3n) is 9.64. The SMILES string of the molecule is COc1cc(C(=O)Oc2ccc(C=CC(=O)c3cc(N)ccc3-c3ccc(N)c(C)c3C(=O)C=Cc3ccc(OC(=O)c4ccc(OC(F)(F)F)c(OC)c4)cc3)cc2)ccc1OC(F)(F)F. The summed E-state index contributed by atoms with van der Waals surface area (Å²) in [7, 11) is 2.23. The second-order valence-corrected chi connectivity index (χ2v) is 14.1. The number of allylic oxidation sites excluding steroid dienone is 2. The fraction of sp³-hybridized carbons (Fsp3) is 0.102. The fourth-order valence-corrected chi connectivity index (χ4v) is 6.42. The molecule has 18 heteroatoms. The van der Waals surface area contributed by atoms with Gasteiger partial charge in [0.05, 0.1) is 25.3 Å². The highest BCUT2D eigenvalue weighted by Gasteiger charge is 2.34. The van der Waals surface area contributed by atoms with Crippen LogP contribution in [0.4, 0.5) is 37.7 Å². The molecule has 67 heavy (non-hydrogen) atoms. The number of carbonyl (C=O) groups excluding carboxylic acids is 4. The van der Waals surface area contributed by atoms with Gasteiger partial charge in [-0.25, -0.2) is 9.59 Å². The molecule has 0 saturated heterocycles. The van der Waals surface area contributed by atoms with Gasteiger partial charge in [0.15, 0.2) is 34.6 Å². The molecule has 0 fully saturated rings. The molecule has 0 aliphatic heterocycles. The molecule has 6 aromatic carbocycles. The normalized spacial score (nSPS) is 11.6. The molecule has 0 saturated carbocycles. The maximum atomic E-state index is 13.9. The standard InChI is InChI=1S/C49H36F6N2O10/c1-27-38(57)19-18-36(45(27)40(59)21-9-29-6-15-34(16-7-29)65-47(61)31-11-23-42(44(25-31)63-3)67-49(53,54)55)35-17-12-32(56)26-37(35)39(58)20-8-28-4-13-33(14-5-28)64-46(60)30-10-22-41(43(24-30)62-2)66-48(50,51)52/h4-26H,56-57H2,1-3H3. The van der Waals surface area contributed by atoms with E-state index in [4.69, 9.17) is 30.4 Å². The smallest absolute Gasteiger partial charge is 0.493 e. The van der Waals surface area contributed by atoms with Crippen LogP contribution in [0.2, 0.25) is 0 Å². The number of alkyl halides is 6. The van der Waals surface area contributed by atoms with E-state index < -0.39 is 47.7 Å². The molecular weight excluding hydrogens is 891 g/mol. The number of halogens is 6. The summed E-state index contributed by atoms with van der Waals surface area (Å²) in [6, 6.07) is 26.0. The average molecular weight is 927 g/mol. The van der Waals surface area contributed by atoms with Crippen LogP contribution >= 0.6 is 0 Å². The zero-order valence-electron chi connectivity index (χ0n) is 35.3. The molecule has 0 amide bonds. The highest BCUT2D eigenvalue weighted by atomic mass is 19.4. The van der Waals surface area contributed by atoms with Gasteiger partial charge in [-0.05, 0) is 126 Å². The molecule has 0 bridgehead atoms. The van der Waals surface area contributed by atoms with E-state index in [0.717, 1.165) is 50.6 Å². The zero-order chi connectivity index (χ0) is 48.6. The zero-order valence-corrected chi connectivity index (χ0v) is 35.3. The van der Waals surface area contributed by atoms with Crippen molar-refractivity contribution in [2.24, 2.45) is 0 Å². The monoisotopic (exact) mass is 926 g/mol. The van der Waals surface area contributed by atoms with Crippen LogP contribution in [0.15, 0.2) is 127 Å². The molecule has 4 N–H and O–H groups in total. The minimum Gasteiger partial charge on any atom is -0.493 e. The Kier molecular flexibility index (Phi) is 14.4. The van der Waals surface area contributed by atoms with Crippen LogP contribution in [-0.2, 0) is 0 Å². The van der Waals surface area contributed by atoms with E-state index in [1.807, 2.05) is 0 Å². The Balaban J connectivity index is 1.15. The van der Waals surface area contributed by atoms with Crippen molar-refractivity contribution >= 4 is 47.0 Å². The van der Waals surface area contributed by atoms with E-state index in [-0.39, 0.29) is 50.9 Å². The molecule has 0 aromatic heterocycles. The van der Waals surface area contributed by atoms with E-state index in [2.05, 4.69) is 9.47 Å². The molecule has 344 valence electrons. The molecule has 0 aliphatic carbocycles. The fourth-order valence-electron chi connectivity index (χ4n) is 6.42. The summed E-state index contributed by atoms with van der Waals surface area (Å²) in [5.41, 5.74) is 15.4. The number of ketones is 2. The Labute approximate surface area is 377 Å². The van der Waals surface area contributed by atoms with Gasteiger partial charge in [0.1, 0.15) is 11.5 Å². The number of nitrogen functional groups attached to an aromatic ring is 2. The largest absolute Gasteiger partial charge is 0.573 e. The number of nitrogens with two attached hydrogens (primary N) is 2. The molecule has 0 spiro atoms. The topological polar surface area (TPSA) is 176 Å². The maximum absolute atomic E-state index is 13.9. The van der Waals surface area contributed by atoms with Crippen molar-refractivity contribution in [1.29, 1.82) is 0 Å². The summed E-state index contributed by atoms with van der Waals surface area (Å²) in [4.78, 5) is 53.3. The third kappa shape index (κ3) is 12.4. The van der Waals surface area contributed by atoms with Crippen molar-refractivity contribution in [2.45, 2.75) is 19.6 Å². The second kappa shape index (κ2) is 20.1. The van der Waals surface area contributed by atoms with Gasteiger partial charge in [0.2, 0.25) is 0 Å².